The smallest absolute Gasteiger partial charge is 0.352 e. The quantitative estimate of drug-likeness (QED) is 0.410. The summed E-state index contributed by atoms with van der Waals surface area (Å²) in [6, 6.07) is 2.36. The molecular weight excluding hydrogens is 444 g/mol. The van der Waals surface area contributed by atoms with Gasteiger partial charge in [0, 0.05) is 11.8 Å². The molecule has 2 nitrogen and oxygen atoms in total. The Morgan fingerprint density at radius 3 is 1.91 bits per heavy atom. The highest BCUT2D eigenvalue weighted by Crippen LogP contribution is 2.46. The molecule has 1 saturated heterocycles. The molecule has 1 aromatic rings. The first-order chi connectivity index (χ1) is 15.3. The van der Waals surface area contributed by atoms with Crippen molar-refractivity contribution in [1.29, 1.82) is 0 Å². The predicted octanol–water partition coefficient (Wildman–Crippen LogP) is 7.98. The van der Waals surface area contributed by atoms with Crippen LogP contribution >= 0.6 is 11.6 Å². The predicted molar refractivity (Wildman–Crippen MR) is 116 cm³/mol. The van der Waals surface area contributed by atoms with Crippen molar-refractivity contribution in [3.63, 3.8) is 0 Å². The van der Waals surface area contributed by atoms with E-state index in [0.29, 0.717) is 29.2 Å². The van der Waals surface area contributed by atoms with Gasteiger partial charge in [0.15, 0.2) is 6.29 Å². The molecule has 180 valence electrons. The maximum absolute atomic E-state index is 14.1. The molecular formula is C25H33ClF4O2. The normalized spacial score (nSPS) is 34.4. The van der Waals surface area contributed by atoms with Gasteiger partial charge in [-0.15, -0.1) is 0 Å². The van der Waals surface area contributed by atoms with Gasteiger partial charge in [-0.25, -0.2) is 4.39 Å². The molecule has 1 heterocycles. The lowest BCUT2D eigenvalue weighted by Gasteiger charge is -2.41. The lowest BCUT2D eigenvalue weighted by Crippen LogP contribution is -2.39. The van der Waals surface area contributed by atoms with Gasteiger partial charge in [-0.3, -0.25) is 0 Å². The van der Waals surface area contributed by atoms with Crippen molar-refractivity contribution in [1.82, 2.24) is 0 Å². The van der Waals surface area contributed by atoms with Gasteiger partial charge in [0.2, 0.25) is 0 Å². The summed E-state index contributed by atoms with van der Waals surface area (Å²) in [6.45, 7) is 3.78. The maximum atomic E-state index is 14.1. The van der Waals surface area contributed by atoms with Gasteiger partial charge < -0.3 is 9.47 Å². The number of rotatable bonds is 4. The van der Waals surface area contributed by atoms with Gasteiger partial charge in [-0.1, -0.05) is 18.5 Å². The van der Waals surface area contributed by atoms with Crippen LogP contribution in [-0.2, 0) is 15.7 Å². The van der Waals surface area contributed by atoms with Crippen LogP contribution in [-0.4, -0.2) is 19.5 Å². The molecule has 1 aromatic carbocycles. The second kappa shape index (κ2) is 10.2. The molecule has 0 aromatic heterocycles. The molecule has 0 unspecified atom stereocenters. The molecule has 4 rings (SSSR count). The standard InChI is InChI=1S/C25H33ClF4O2/c1-2-15-13-31-24(32-14-15)19-9-7-17(8-10-19)16-3-5-18(6-4-16)20-11-21(26)23(22(27)12-20)25(28,29)30/h11-12,15-19,24H,2-10,13-14H2,1H3. The number of ether oxygens (including phenoxy) is 2. The minimum absolute atomic E-state index is 0.0474. The van der Waals surface area contributed by atoms with Crippen LogP contribution < -0.4 is 0 Å². The van der Waals surface area contributed by atoms with E-state index in [1.54, 1.807) is 0 Å². The van der Waals surface area contributed by atoms with Crippen molar-refractivity contribution in [3.05, 3.63) is 34.1 Å². The van der Waals surface area contributed by atoms with Crippen LogP contribution in [0.2, 0.25) is 5.02 Å². The van der Waals surface area contributed by atoms with Gasteiger partial charge >= 0.3 is 6.18 Å². The second-order valence-electron chi connectivity index (χ2n) is 9.95. The van der Waals surface area contributed by atoms with Crippen LogP contribution in [0.4, 0.5) is 17.6 Å². The number of halogens is 5. The summed E-state index contributed by atoms with van der Waals surface area (Å²) in [5, 5.41) is -0.537. The minimum atomic E-state index is -4.78. The Bertz CT molecular complexity index is 737. The van der Waals surface area contributed by atoms with E-state index < -0.39 is 22.6 Å². The molecule has 2 aliphatic carbocycles. The van der Waals surface area contributed by atoms with Gasteiger partial charge in [0.1, 0.15) is 11.4 Å². The molecule has 3 fully saturated rings. The van der Waals surface area contributed by atoms with Crippen molar-refractivity contribution in [2.45, 2.75) is 83.1 Å². The monoisotopic (exact) mass is 476 g/mol. The first-order valence-electron chi connectivity index (χ1n) is 12.1. The maximum Gasteiger partial charge on any atom is 0.420 e. The average Bonchev–Trinajstić information content (AvgIpc) is 2.78. The Labute approximate surface area is 193 Å². The molecule has 0 atom stereocenters. The lowest BCUT2D eigenvalue weighted by atomic mass is 9.68. The summed E-state index contributed by atoms with van der Waals surface area (Å²) in [5.74, 6) is 1.14. The van der Waals surface area contributed by atoms with Crippen LogP contribution in [0.3, 0.4) is 0 Å². The molecule has 7 heteroatoms. The molecule has 32 heavy (non-hydrogen) atoms. The van der Waals surface area contributed by atoms with E-state index in [-0.39, 0.29) is 12.2 Å². The molecule has 0 spiro atoms. The third-order valence-electron chi connectivity index (χ3n) is 8.03. The van der Waals surface area contributed by atoms with Crippen molar-refractivity contribution < 1.29 is 27.0 Å². The Morgan fingerprint density at radius 2 is 1.41 bits per heavy atom. The molecule has 0 amide bonds. The summed E-state index contributed by atoms with van der Waals surface area (Å²) < 4.78 is 65.0. The Kier molecular flexibility index (Phi) is 7.73. The van der Waals surface area contributed by atoms with Crippen molar-refractivity contribution >= 4 is 11.6 Å². The largest absolute Gasteiger partial charge is 0.420 e. The van der Waals surface area contributed by atoms with E-state index in [0.717, 1.165) is 64.2 Å². The SMILES string of the molecule is CCC1COC(C2CCC(C3CCC(c4cc(F)c(C(F)(F)F)c(Cl)c4)CC3)CC2)OC1. The van der Waals surface area contributed by atoms with Crippen molar-refractivity contribution in [3.8, 4) is 0 Å². The molecule has 0 radical (unpaired) electrons. The van der Waals surface area contributed by atoms with Gasteiger partial charge in [0.05, 0.1) is 18.2 Å². The number of hydrogen-bond donors (Lipinski definition) is 0. The topological polar surface area (TPSA) is 18.5 Å². The molecule has 0 N–H and O–H groups in total. The van der Waals surface area contributed by atoms with Gasteiger partial charge in [-0.2, -0.15) is 13.2 Å². The van der Waals surface area contributed by atoms with Gasteiger partial charge in [0.25, 0.3) is 0 Å². The van der Waals surface area contributed by atoms with Crippen molar-refractivity contribution in [2.75, 3.05) is 13.2 Å². The summed E-state index contributed by atoms with van der Waals surface area (Å²) >= 11 is 5.80. The summed E-state index contributed by atoms with van der Waals surface area (Å²) in [4.78, 5) is 0. The Balaban J connectivity index is 1.27. The lowest BCUT2D eigenvalue weighted by molar-refractivity contribution is -0.230. The third kappa shape index (κ3) is 5.44. The van der Waals surface area contributed by atoms with Gasteiger partial charge in [-0.05, 0) is 93.2 Å². The molecule has 1 aliphatic heterocycles. The zero-order valence-corrected chi connectivity index (χ0v) is 19.4. The summed E-state index contributed by atoms with van der Waals surface area (Å²) in [7, 11) is 0. The Hall–Kier alpha value is -0.850. The van der Waals surface area contributed by atoms with E-state index in [1.165, 1.54) is 18.9 Å². The van der Waals surface area contributed by atoms with Crippen LogP contribution in [0.25, 0.3) is 0 Å². The highest BCUT2D eigenvalue weighted by molar-refractivity contribution is 6.31. The van der Waals surface area contributed by atoms with Crippen molar-refractivity contribution in [2.24, 2.45) is 23.7 Å². The fourth-order valence-corrected chi connectivity index (χ4v) is 6.30. The highest BCUT2D eigenvalue weighted by atomic mass is 35.5. The number of benzene rings is 1. The zero-order chi connectivity index (χ0) is 22.9. The fraction of sp³-hybridized carbons (Fsp3) is 0.760. The van der Waals surface area contributed by atoms with Crippen LogP contribution in [0.5, 0.6) is 0 Å². The molecule has 3 aliphatic rings. The first kappa shape index (κ1) is 24.3. The van der Waals surface area contributed by atoms with Crippen LogP contribution in [0.1, 0.15) is 81.8 Å². The molecule has 0 bridgehead atoms. The zero-order valence-electron chi connectivity index (χ0n) is 18.6. The third-order valence-corrected chi connectivity index (χ3v) is 8.33. The first-order valence-corrected chi connectivity index (χ1v) is 12.4. The van der Waals surface area contributed by atoms with Crippen LogP contribution in [0.15, 0.2) is 12.1 Å². The Morgan fingerprint density at radius 1 is 0.875 bits per heavy atom. The van der Waals surface area contributed by atoms with E-state index in [9.17, 15) is 17.6 Å². The number of alkyl halides is 3. The number of hydrogen-bond acceptors (Lipinski definition) is 2. The fourth-order valence-electron chi connectivity index (χ4n) is 5.98. The van der Waals surface area contributed by atoms with E-state index in [2.05, 4.69) is 6.92 Å². The summed E-state index contributed by atoms with van der Waals surface area (Å²) in [6.07, 6.45) is 4.71. The highest BCUT2D eigenvalue weighted by Gasteiger charge is 2.39. The summed E-state index contributed by atoms with van der Waals surface area (Å²) in [5.41, 5.74) is -0.760. The van der Waals surface area contributed by atoms with E-state index in [1.807, 2.05) is 0 Å². The van der Waals surface area contributed by atoms with Crippen LogP contribution in [0, 0.1) is 29.5 Å². The minimum Gasteiger partial charge on any atom is -0.352 e. The second-order valence-corrected chi connectivity index (χ2v) is 10.4. The van der Waals surface area contributed by atoms with E-state index >= 15 is 0 Å². The van der Waals surface area contributed by atoms with E-state index in [4.69, 9.17) is 21.1 Å². The molecule has 2 saturated carbocycles. The average molecular weight is 477 g/mol.